The first-order valence-corrected chi connectivity index (χ1v) is 42.7. The third-order valence-electron chi connectivity index (χ3n) is 24.3. The molecule has 0 spiro atoms. The lowest BCUT2D eigenvalue weighted by Crippen LogP contribution is -2.71. The minimum absolute atomic E-state index is 0.817. The van der Waals surface area contributed by atoms with Crippen LogP contribution < -0.4 is 31.9 Å². The van der Waals surface area contributed by atoms with Crippen LogP contribution in [0.3, 0.4) is 0 Å². The van der Waals surface area contributed by atoms with Gasteiger partial charge in [0.2, 0.25) is 35.4 Å². The highest BCUT2D eigenvalue weighted by Crippen LogP contribution is 2.42. The SMILES string of the molecule is CC(=O)N[C@@H]1[C@@H](O)[C@H](O[C@@H]2O[C@H](CO)[C@@H](O[C@@H]3O[C@H](CO[C@H]4O[C@H](CO)[C@@H](O)[C@H](O)[C@@H]4O[C@@H]4O[C@H](CO)[C@@H](O[C@@H]5O[C@H](CO)[C@H](O)[C@H](O)[C@H]5NC(C)=O)[C@H](O)[C@H]4NC(C)=O)[C@@H](O)[C@H](O[C@H]4O[C@H](CO)[C@@H](O)[C@H](O)[C@@H]4O[C@@H]4O[C@H](CO)[C@@H](O[C@@H]5O[C@H](CO[C@]6(C(=O)O)C[C@H](O)[C@@H](NC(C)=O)[C@H]([C@H](O)[C@H](O)CO)O6)[C@H](O)[C@H](O)[C@H]5O)[C@H](O)[C@H]4NC(C)=O)[C@@H]3O)[C@H](O)[C@H]2NC(C)=O)[C@@H](CO)O[C@H]1O. The van der Waals surface area contributed by atoms with Gasteiger partial charge in [0.1, 0.15) is 238 Å². The average Bonchev–Trinajstić information content (AvgIpc) is 0.764. The van der Waals surface area contributed by atoms with E-state index in [1.165, 1.54) is 0 Å². The first-order chi connectivity index (χ1) is 63.7. The van der Waals surface area contributed by atoms with E-state index in [0.717, 1.165) is 41.5 Å². The van der Waals surface area contributed by atoms with E-state index >= 15 is 0 Å². The number of carbonyl (C=O) groups excluding carboxylic acids is 6. The quantitative estimate of drug-likeness (QED) is 0.0275. The fraction of sp³-hybridized carbons (Fsp3) is 0.907. The second-order valence-corrected chi connectivity index (χ2v) is 33.9. The van der Waals surface area contributed by atoms with Crippen molar-refractivity contribution < 1.29 is 267 Å². The van der Waals surface area contributed by atoms with Gasteiger partial charge in [-0.2, -0.15) is 0 Å². The molecule has 0 aromatic heterocycles. The topological polar surface area (TPSA) is 933 Å². The molecule has 10 heterocycles. The van der Waals surface area contributed by atoms with Crippen LogP contribution in [0.1, 0.15) is 48.0 Å². The Bertz CT molecular complexity index is 3820. The molecule has 60 nitrogen and oxygen atoms in total. The standard InChI is InChI=1S/C75H124N6O54/c1-18(90)76-35-24(96)7-75(74(115)116,135-61(35)41(98)25(97)8-82)118-17-34-45(102)52(109)55(112)70(127-34)130-59-31(14-88)125-69(40(51(59)108)81-23(6)95)134-64-54(111)44(101)28(11-85)122-73(64)132-62-46(103)33(126-71(56(62)113)131-60-32(15-89)123-67(38(50(60)107)79-21(4)93)128-57-29(12-86)119-65(114)36(48(57)105)77-19(2)91)16-117-72-63(53(110)43(100)27(10-84)121-72)133-68-39(80-22(5)94)49(106)58(30(13-87)124-68)129-66-37(78-20(3)92)47(104)42(99)26(9-83)120-66/h24-73,82-89,96-114H,7-17H2,1-6H3,(H,76,90)(H,77,91)(H,78,92)(H,79,93)(H,80,94)(H,81,95)(H,115,116)/t24-,25+,26+,27+,28+,29+,30+,31+,32+,33+,34+,35+,36+,37+,38+,39+,40+,41+,42-,43+,44+,45-,46+,47+,48+,49+,50+,51+,52-,53-,54-,55+,56-,57+,58+,59+,60+,61+,62-,63-,64-,65+,66-,67-,68-,69-,70-,71-,72-,73+,75+/m0/s1. The zero-order valence-electron chi connectivity index (χ0n) is 72.8. The molecule has 135 heavy (non-hydrogen) atoms. The summed E-state index contributed by atoms with van der Waals surface area (Å²) in [6.07, 6.45) is -97.2. The molecule has 10 saturated heterocycles. The predicted molar refractivity (Wildman–Crippen MR) is 416 cm³/mol. The van der Waals surface area contributed by atoms with Gasteiger partial charge in [-0.15, -0.1) is 0 Å². The van der Waals surface area contributed by atoms with Crippen LogP contribution >= 0.6 is 0 Å². The van der Waals surface area contributed by atoms with Crippen molar-refractivity contribution in [1.29, 1.82) is 0 Å². The van der Waals surface area contributed by atoms with Crippen LogP contribution in [0.4, 0.5) is 0 Å². The Morgan fingerprint density at radius 3 is 1.01 bits per heavy atom. The third kappa shape index (κ3) is 25.2. The van der Waals surface area contributed by atoms with Gasteiger partial charge in [-0.1, -0.05) is 0 Å². The van der Waals surface area contributed by atoms with Crippen molar-refractivity contribution in [3.63, 3.8) is 0 Å². The normalized spacial score (nSPS) is 46.4. The monoisotopic (exact) mass is 1970 g/mol. The van der Waals surface area contributed by atoms with Crippen LogP contribution in [0, 0.1) is 0 Å². The summed E-state index contributed by atoms with van der Waals surface area (Å²) in [5.74, 6) is -10.7. The van der Waals surface area contributed by atoms with E-state index in [-0.39, 0.29) is 0 Å². The van der Waals surface area contributed by atoms with Crippen LogP contribution in [0.5, 0.6) is 0 Å². The van der Waals surface area contributed by atoms with Gasteiger partial charge in [0.05, 0.1) is 78.2 Å². The number of nitrogens with one attached hydrogen (secondary N) is 6. The number of hydrogen-bond donors (Lipinski definition) is 34. The third-order valence-corrected chi connectivity index (χ3v) is 24.3. The molecule has 10 rings (SSSR count). The van der Waals surface area contributed by atoms with Crippen molar-refractivity contribution in [1.82, 2.24) is 31.9 Å². The lowest BCUT2D eigenvalue weighted by molar-refractivity contribution is -0.399. The molecule has 0 aliphatic carbocycles. The Labute approximate surface area is 764 Å². The molecule has 0 saturated carbocycles. The van der Waals surface area contributed by atoms with E-state index in [1.54, 1.807) is 0 Å². The molecule has 0 aromatic rings. The van der Waals surface area contributed by atoms with E-state index in [2.05, 4.69) is 31.9 Å². The van der Waals surface area contributed by atoms with Crippen LogP contribution in [-0.4, -0.2) is 563 Å². The van der Waals surface area contributed by atoms with Crippen LogP contribution in [-0.2, 0) is 124 Å². The van der Waals surface area contributed by atoms with Gasteiger partial charge in [0, 0.05) is 48.0 Å². The number of carboxylic acid groups (broad SMARTS) is 1. The van der Waals surface area contributed by atoms with Gasteiger partial charge >= 0.3 is 5.97 Å². The Morgan fingerprint density at radius 2 is 0.607 bits per heavy atom. The smallest absolute Gasteiger partial charge is 0.364 e. The highest BCUT2D eigenvalue weighted by atomic mass is 16.8. The lowest BCUT2D eigenvalue weighted by Gasteiger charge is -2.51. The zero-order chi connectivity index (χ0) is 99.9. The van der Waals surface area contributed by atoms with Crippen LogP contribution in [0.25, 0.3) is 0 Å². The zero-order valence-corrected chi connectivity index (χ0v) is 72.8. The number of carbonyl (C=O) groups is 7. The van der Waals surface area contributed by atoms with E-state index in [4.69, 9.17) is 90.0 Å². The first kappa shape index (κ1) is 111. The Balaban J connectivity index is 0.964. The number of aliphatic hydroxyl groups excluding tert-OH is 27. The van der Waals surface area contributed by atoms with E-state index in [0.29, 0.717) is 0 Å². The van der Waals surface area contributed by atoms with Crippen molar-refractivity contribution in [2.45, 2.75) is 360 Å². The highest BCUT2D eigenvalue weighted by molar-refractivity contribution is 5.77. The van der Waals surface area contributed by atoms with Gasteiger partial charge in [-0.05, 0) is 0 Å². The molecule has 0 bridgehead atoms. The molecule has 0 radical (unpaired) electrons. The summed E-state index contributed by atoms with van der Waals surface area (Å²) >= 11 is 0. The number of aliphatic carboxylic acids is 1. The fourth-order valence-corrected chi connectivity index (χ4v) is 17.3. The summed E-state index contributed by atoms with van der Waals surface area (Å²) in [6, 6.07) is -11.1. The molecule has 10 aliphatic heterocycles. The number of ether oxygens (including phenoxy) is 19. The largest absolute Gasteiger partial charge is 0.477 e. The van der Waals surface area contributed by atoms with Crippen molar-refractivity contribution in [3.05, 3.63) is 0 Å². The number of aliphatic hydroxyl groups is 27. The molecule has 10 aliphatic rings. The second kappa shape index (κ2) is 48.5. The van der Waals surface area contributed by atoms with Crippen molar-refractivity contribution in [2.75, 3.05) is 66.1 Å². The van der Waals surface area contributed by atoms with Gasteiger partial charge in [-0.25, -0.2) is 4.79 Å². The first-order valence-electron chi connectivity index (χ1n) is 42.7. The molecule has 60 heteroatoms. The summed E-state index contributed by atoms with van der Waals surface area (Å²) in [4.78, 5) is 89.3. The summed E-state index contributed by atoms with van der Waals surface area (Å²) in [7, 11) is 0. The summed E-state index contributed by atoms with van der Waals surface area (Å²) in [5, 5.41) is 329. The number of rotatable bonds is 37. The predicted octanol–water partition coefficient (Wildman–Crippen LogP) is -22.7. The van der Waals surface area contributed by atoms with Crippen molar-refractivity contribution in [3.8, 4) is 0 Å². The van der Waals surface area contributed by atoms with Gasteiger partial charge in [0.15, 0.2) is 56.6 Å². The maximum Gasteiger partial charge on any atom is 0.364 e. The molecule has 51 atom stereocenters. The molecule has 6 amide bonds. The van der Waals surface area contributed by atoms with Gasteiger partial charge < -0.3 is 265 Å². The molecular weight excluding hydrogens is 1850 g/mol. The molecular formula is C75H124N6O54. The summed E-state index contributed by atoms with van der Waals surface area (Å²) < 4.78 is 113. The fourth-order valence-electron chi connectivity index (χ4n) is 17.3. The van der Waals surface area contributed by atoms with E-state index in [1.807, 2.05) is 0 Å². The Morgan fingerprint density at radius 1 is 0.304 bits per heavy atom. The number of hydrogen-bond acceptors (Lipinski definition) is 53. The molecule has 34 N–H and O–H groups in total. The Kier molecular flexibility index (Phi) is 40.0. The highest BCUT2D eigenvalue weighted by Gasteiger charge is 2.63. The maximum absolute atomic E-state index is 13.3. The van der Waals surface area contributed by atoms with E-state index < -0.39 is 426 Å². The van der Waals surface area contributed by atoms with E-state index in [9.17, 15) is 177 Å². The van der Waals surface area contributed by atoms with Crippen LogP contribution in [0.15, 0.2) is 0 Å². The molecule has 0 aromatic carbocycles. The minimum atomic E-state index is -3.11. The van der Waals surface area contributed by atoms with Crippen molar-refractivity contribution in [2.24, 2.45) is 0 Å². The second-order valence-electron chi connectivity index (χ2n) is 33.9. The number of amides is 6. The molecule has 10 fully saturated rings. The molecule has 0 unspecified atom stereocenters. The minimum Gasteiger partial charge on any atom is -0.477 e. The average molecular weight is 1970 g/mol. The summed E-state index contributed by atoms with van der Waals surface area (Å²) in [6.45, 7) is -6.17. The maximum atomic E-state index is 13.3. The van der Waals surface area contributed by atoms with Gasteiger partial charge in [0.25, 0.3) is 5.79 Å². The number of carboxylic acids is 1. The molecule has 778 valence electrons. The van der Waals surface area contributed by atoms with Crippen molar-refractivity contribution >= 4 is 41.4 Å². The van der Waals surface area contributed by atoms with Gasteiger partial charge in [-0.3, -0.25) is 28.8 Å². The lowest BCUT2D eigenvalue weighted by atomic mass is 9.88. The van der Waals surface area contributed by atoms with Crippen LogP contribution in [0.2, 0.25) is 0 Å². The Hall–Kier alpha value is -5.55. The summed E-state index contributed by atoms with van der Waals surface area (Å²) in [5.41, 5.74) is 0.